The third kappa shape index (κ3) is 2.61. The van der Waals surface area contributed by atoms with E-state index < -0.39 is 11.4 Å². The van der Waals surface area contributed by atoms with Crippen molar-refractivity contribution in [3.63, 3.8) is 0 Å². The summed E-state index contributed by atoms with van der Waals surface area (Å²) in [5.41, 5.74) is 0.850. The highest BCUT2D eigenvalue weighted by Crippen LogP contribution is 2.28. The molecule has 0 fully saturated rings. The number of ketones is 1. The van der Waals surface area contributed by atoms with E-state index in [4.69, 9.17) is 16.0 Å². The Kier molecular flexibility index (Phi) is 3.94. The van der Waals surface area contributed by atoms with Gasteiger partial charge in [0.05, 0.1) is 11.6 Å². The number of Topliss-reactive ketones (excluding diaryl/α,β-unsaturated/α-hetero) is 1. The second kappa shape index (κ2) is 6.03. The topological polar surface area (TPSA) is 59.3 Å². The lowest BCUT2D eigenvalue weighted by molar-refractivity contribution is 0.101. The van der Waals surface area contributed by atoms with E-state index in [0.29, 0.717) is 16.7 Å². The van der Waals surface area contributed by atoms with Crippen molar-refractivity contribution in [3.05, 3.63) is 70.6 Å². The van der Waals surface area contributed by atoms with E-state index in [9.17, 15) is 9.59 Å². The minimum atomic E-state index is -0.692. The molecule has 0 spiro atoms. The summed E-state index contributed by atoms with van der Waals surface area (Å²) in [5.74, 6) is -0.758. The molecule has 0 bridgehead atoms. The van der Waals surface area contributed by atoms with Crippen LogP contribution < -0.4 is 10.9 Å². The second-order valence-corrected chi connectivity index (χ2v) is 4.95. The minimum absolute atomic E-state index is 0.0578. The van der Waals surface area contributed by atoms with Crippen LogP contribution in [0.1, 0.15) is 10.4 Å². The van der Waals surface area contributed by atoms with E-state index in [1.807, 2.05) is 36.4 Å². The van der Waals surface area contributed by atoms with Gasteiger partial charge >= 0.3 is 5.63 Å². The van der Waals surface area contributed by atoms with Gasteiger partial charge < -0.3 is 9.73 Å². The number of fused-ring (bicyclic) bond motifs is 1. The number of carbonyl (C=O) groups excluding carboxylic acids is 1. The van der Waals surface area contributed by atoms with Gasteiger partial charge in [0.15, 0.2) is 5.78 Å². The molecule has 3 rings (SSSR count). The van der Waals surface area contributed by atoms with Crippen LogP contribution in [-0.2, 0) is 0 Å². The summed E-state index contributed by atoms with van der Waals surface area (Å²) in [6.45, 7) is 0. The Hall–Kier alpha value is -2.59. The van der Waals surface area contributed by atoms with Crippen molar-refractivity contribution in [2.75, 3.05) is 11.2 Å². The highest BCUT2D eigenvalue weighted by Gasteiger charge is 2.20. The Labute approximate surface area is 131 Å². The van der Waals surface area contributed by atoms with Gasteiger partial charge in [-0.05, 0) is 24.3 Å². The summed E-state index contributed by atoms with van der Waals surface area (Å²) >= 11 is 5.63. The van der Waals surface area contributed by atoms with Crippen molar-refractivity contribution < 1.29 is 9.21 Å². The minimum Gasteiger partial charge on any atom is -0.422 e. The van der Waals surface area contributed by atoms with Gasteiger partial charge in [-0.25, -0.2) is 4.79 Å². The van der Waals surface area contributed by atoms with Gasteiger partial charge in [-0.3, -0.25) is 4.79 Å². The fraction of sp³-hybridized carbons (Fsp3) is 0.0588. The van der Waals surface area contributed by atoms with Gasteiger partial charge in [0.25, 0.3) is 0 Å². The predicted molar refractivity (Wildman–Crippen MR) is 87.3 cm³/mol. The van der Waals surface area contributed by atoms with Gasteiger partial charge in [0, 0.05) is 11.1 Å². The van der Waals surface area contributed by atoms with Gasteiger partial charge in [-0.2, -0.15) is 0 Å². The maximum absolute atomic E-state index is 12.2. The molecule has 2 aromatic carbocycles. The van der Waals surface area contributed by atoms with Crippen molar-refractivity contribution in [2.45, 2.75) is 0 Å². The van der Waals surface area contributed by atoms with E-state index in [0.717, 1.165) is 5.69 Å². The van der Waals surface area contributed by atoms with Crippen LogP contribution in [0.2, 0.25) is 0 Å². The van der Waals surface area contributed by atoms with Crippen LogP contribution in [0, 0.1) is 0 Å². The molecule has 1 aromatic heterocycles. The Morgan fingerprint density at radius 3 is 2.45 bits per heavy atom. The lowest BCUT2D eigenvalue weighted by atomic mass is 10.1. The molecule has 0 amide bonds. The first-order valence-corrected chi connectivity index (χ1v) is 7.21. The molecule has 0 aliphatic heterocycles. The van der Waals surface area contributed by atoms with Crippen LogP contribution in [0.15, 0.2) is 63.8 Å². The van der Waals surface area contributed by atoms with E-state index >= 15 is 0 Å². The average Bonchev–Trinajstić information content (AvgIpc) is 2.55. The van der Waals surface area contributed by atoms with Crippen LogP contribution in [0.25, 0.3) is 11.0 Å². The molecule has 0 radical (unpaired) electrons. The number of alkyl halides is 1. The lowest BCUT2D eigenvalue weighted by Crippen LogP contribution is -2.18. The molecule has 22 heavy (non-hydrogen) atoms. The molecule has 5 heteroatoms. The monoisotopic (exact) mass is 313 g/mol. The Bertz CT molecular complexity index is 887. The summed E-state index contributed by atoms with van der Waals surface area (Å²) in [4.78, 5) is 24.2. The van der Waals surface area contributed by atoms with Crippen molar-refractivity contribution in [2.24, 2.45) is 0 Å². The van der Waals surface area contributed by atoms with Gasteiger partial charge in [0.1, 0.15) is 11.1 Å². The van der Waals surface area contributed by atoms with Crippen LogP contribution in [0.3, 0.4) is 0 Å². The fourth-order valence-corrected chi connectivity index (χ4v) is 2.40. The number of anilines is 2. The predicted octanol–water partition coefficient (Wildman–Crippen LogP) is 3.96. The van der Waals surface area contributed by atoms with Crippen LogP contribution in [0.4, 0.5) is 11.4 Å². The molecule has 1 N–H and O–H groups in total. The van der Waals surface area contributed by atoms with Gasteiger partial charge in [0.2, 0.25) is 0 Å². The zero-order valence-electron chi connectivity index (χ0n) is 11.5. The third-order valence-corrected chi connectivity index (χ3v) is 3.50. The highest BCUT2D eigenvalue weighted by atomic mass is 35.5. The molecule has 0 unspecified atom stereocenters. The standard InChI is InChI=1S/C17H12ClNO3/c18-10-13(20)15-16(19-11-6-2-1-3-7-11)12-8-4-5-9-14(12)22-17(15)21/h1-9,19H,10H2. The fourth-order valence-electron chi connectivity index (χ4n) is 2.27. The van der Waals surface area contributed by atoms with Crippen molar-refractivity contribution in [3.8, 4) is 0 Å². The number of hydrogen-bond acceptors (Lipinski definition) is 4. The molecular weight excluding hydrogens is 302 g/mol. The first kappa shape index (κ1) is 14.4. The van der Waals surface area contributed by atoms with Crippen molar-refractivity contribution in [1.29, 1.82) is 0 Å². The number of hydrogen-bond donors (Lipinski definition) is 1. The summed E-state index contributed by atoms with van der Waals surface area (Å²) in [7, 11) is 0. The Morgan fingerprint density at radius 2 is 1.73 bits per heavy atom. The molecule has 1 heterocycles. The van der Waals surface area contributed by atoms with E-state index in [-0.39, 0.29) is 11.4 Å². The van der Waals surface area contributed by atoms with Crippen molar-refractivity contribution in [1.82, 2.24) is 0 Å². The summed E-state index contributed by atoms with van der Waals surface area (Å²) in [6, 6.07) is 16.3. The molecule has 0 saturated carbocycles. The first-order chi connectivity index (χ1) is 10.7. The number of rotatable bonds is 4. The molecule has 0 saturated heterocycles. The number of halogens is 1. The maximum atomic E-state index is 12.2. The number of carbonyl (C=O) groups is 1. The number of para-hydroxylation sites is 2. The molecule has 0 aliphatic rings. The van der Waals surface area contributed by atoms with E-state index in [1.54, 1.807) is 18.2 Å². The molecule has 3 aromatic rings. The molecule has 0 atom stereocenters. The summed E-state index contributed by atoms with van der Waals surface area (Å²) in [6.07, 6.45) is 0. The van der Waals surface area contributed by atoms with Crippen LogP contribution >= 0.6 is 11.6 Å². The highest BCUT2D eigenvalue weighted by molar-refractivity contribution is 6.31. The van der Waals surface area contributed by atoms with Crippen LogP contribution in [0.5, 0.6) is 0 Å². The van der Waals surface area contributed by atoms with Crippen LogP contribution in [-0.4, -0.2) is 11.7 Å². The number of nitrogens with one attached hydrogen (secondary N) is 1. The normalized spacial score (nSPS) is 10.6. The smallest absolute Gasteiger partial charge is 0.349 e. The Balaban J connectivity index is 2.28. The van der Waals surface area contributed by atoms with Gasteiger partial charge in [-0.1, -0.05) is 30.3 Å². The molecular formula is C17H12ClNO3. The maximum Gasteiger partial charge on any atom is 0.349 e. The third-order valence-electron chi connectivity index (χ3n) is 3.26. The SMILES string of the molecule is O=C(CCl)c1c(Nc2ccccc2)c2ccccc2oc1=O. The largest absolute Gasteiger partial charge is 0.422 e. The molecule has 0 aliphatic carbocycles. The van der Waals surface area contributed by atoms with Gasteiger partial charge in [-0.15, -0.1) is 11.6 Å². The van der Waals surface area contributed by atoms with Crippen molar-refractivity contribution >= 4 is 39.7 Å². The summed E-state index contributed by atoms with van der Waals surface area (Å²) in [5, 5.41) is 3.78. The quantitative estimate of drug-likeness (QED) is 0.450. The second-order valence-electron chi connectivity index (χ2n) is 4.68. The van der Waals surface area contributed by atoms with E-state index in [1.165, 1.54) is 0 Å². The summed E-state index contributed by atoms with van der Waals surface area (Å²) < 4.78 is 5.22. The molecule has 110 valence electrons. The zero-order chi connectivity index (χ0) is 15.5. The number of benzene rings is 2. The zero-order valence-corrected chi connectivity index (χ0v) is 12.3. The average molecular weight is 314 g/mol. The first-order valence-electron chi connectivity index (χ1n) is 6.68. The van der Waals surface area contributed by atoms with E-state index in [2.05, 4.69) is 5.32 Å². The molecule has 4 nitrogen and oxygen atoms in total. The Morgan fingerprint density at radius 1 is 1.05 bits per heavy atom. The lowest BCUT2D eigenvalue weighted by Gasteiger charge is -2.12.